The summed E-state index contributed by atoms with van der Waals surface area (Å²) in [6.45, 7) is 2.19. The third-order valence-corrected chi connectivity index (χ3v) is 7.39. The highest BCUT2D eigenvalue weighted by atomic mass is 16.5. The Bertz CT molecular complexity index is 1490. The number of hydrogen-bond donors (Lipinski definition) is 2. The first kappa shape index (κ1) is 27.8. The second-order valence-electron chi connectivity index (χ2n) is 10.4. The number of anilines is 4. The fraction of sp³-hybridized carbons (Fsp3) is 0.235. The lowest BCUT2D eigenvalue weighted by atomic mass is 10.0. The first-order chi connectivity index (χ1) is 19.9. The summed E-state index contributed by atoms with van der Waals surface area (Å²) in [6, 6.07) is 28.5. The second kappa shape index (κ2) is 12.6. The molecule has 2 amide bonds. The van der Waals surface area contributed by atoms with Gasteiger partial charge in [0, 0.05) is 61.4 Å². The van der Waals surface area contributed by atoms with Gasteiger partial charge in [-0.2, -0.15) is 0 Å². The van der Waals surface area contributed by atoms with Crippen LogP contribution in [-0.2, 0) is 0 Å². The third kappa shape index (κ3) is 6.69. The Morgan fingerprint density at radius 2 is 1.20 bits per heavy atom. The predicted molar refractivity (Wildman–Crippen MR) is 168 cm³/mol. The van der Waals surface area contributed by atoms with Gasteiger partial charge in [0.15, 0.2) is 0 Å². The van der Waals surface area contributed by atoms with E-state index in [4.69, 9.17) is 4.74 Å². The summed E-state index contributed by atoms with van der Waals surface area (Å²) in [7, 11) is 5.49. The number of carbonyl (C=O) groups excluding carboxylic acids is 2. The van der Waals surface area contributed by atoms with Crippen molar-refractivity contribution in [3.05, 3.63) is 102 Å². The first-order valence-electron chi connectivity index (χ1n) is 13.9. The molecule has 2 N–H and O–H groups in total. The number of ether oxygens (including phenoxy) is 1. The molecule has 0 bridgehead atoms. The highest BCUT2D eigenvalue weighted by Gasteiger charge is 2.13. The smallest absolute Gasteiger partial charge is 0.255 e. The van der Waals surface area contributed by atoms with Crippen molar-refractivity contribution in [1.82, 2.24) is 0 Å². The molecule has 210 valence electrons. The molecule has 1 saturated heterocycles. The van der Waals surface area contributed by atoms with Gasteiger partial charge in [0.1, 0.15) is 5.75 Å². The van der Waals surface area contributed by atoms with Crippen molar-refractivity contribution in [3.8, 4) is 16.9 Å². The summed E-state index contributed by atoms with van der Waals surface area (Å²) in [6.07, 6.45) is 3.77. The molecule has 4 aromatic rings. The van der Waals surface area contributed by atoms with Crippen LogP contribution in [0.4, 0.5) is 22.7 Å². The largest absolute Gasteiger partial charge is 0.495 e. The fourth-order valence-corrected chi connectivity index (χ4v) is 5.07. The van der Waals surface area contributed by atoms with Gasteiger partial charge in [0.2, 0.25) is 0 Å². The van der Waals surface area contributed by atoms with Crippen molar-refractivity contribution >= 4 is 34.6 Å². The molecule has 0 aliphatic carbocycles. The molecule has 1 heterocycles. The van der Waals surface area contributed by atoms with Gasteiger partial charge in [-0.1, -0.05) is 24.3 Å². The number of nitrogens with one attached hydrogen (secondary N) is 2. The molecule has 5 rings (SSSR count). The van der Waals surface area contributed by atoms with Crippen LogP contribution in [0.25, 0.3) is 11.1 Å². The average Bonchev–Trinajstić information content (AvgIpc) is 3.01. The van der Waals surface area contributed by atoms with E-state index in [9.17, 15) is 9.59 Å². The van der Waals surface area contributed by atoms with Crippen LogP contribution in [0.5, 0.6) is 5.75 Å². The maximum Gasteiger partial charge on any atom is 0.255 e. The first-order valence-corrected chi connectivity index (χ1v) is 13.9. The van der Waals surface area contributed by atoms with Gasteiger partial charge >= 0.3 is 0 Å². The Morgan fingerprint density at radius 1 is 0.683 bits per heavy atom. The molecule has 0 spiro atoms. The second-order valence-corrected chi connectivity index (χ2v) is 10.4. The molecule has 1 fully saturated rings. The van der Waals surface area contributed by atoms with Crippen molar-refractivity contribution in [1.29, 1.82) is 0 Å². The summed E-state index contributed by atoms with van der Waals surface area (Å²) in [5.41, 5.74) is 6.62. The van der Waals surface area contributed by atoms with Gasteiger partial charge < -0.3 is 25.2 Å². The number of rotatable bonds is 8. The molecule has 1 aliphatic rings. The quantitative estimate of drug-likeness (QED) is 0.250. The molecular formula is C34H36N4O3. The van der Waals surface area contributed by atoms with E-state index in [-0.39, 0.29) is 11.8 Å². The van der Waals surface area contributed by atoms with Gasteiger partial charge in [-0.25, -0.2) is 0 Å². The zero-order valence-corrected chi connectivity index (χ0v) is 23.8. The highest BCUT2D eigenvalue weighted by Crippen LogP contribution is 2.30. The molecule has 41 heavy (non-hydrogen) atoms. The van der Waals surface area contributed by atoms with E-state index < -0.39 is 0 Å². The molecule has 7 heteroatoms. The predicted octanol–water partition coefficient (Wildman–Crippen LogP) is 6.92. The van der Waals surface area contributed by atoms with Gasteiger partial charge in [-0.3, -0.25) is 9.59 Å². The van der Waals surface area contributed by atoms with Crippen LogP contribution in [0.15, 0.2) is 91.0 Å². The van der Waals surface area contributed by atoms with Gasteiger partial charge in [-0.15, -0.1) is 0 Å². The standard InChI is InChI=1S/C34H36N4O3/c1-37(2)31-20-17-29(23-32(31)41-3)36-34(40)27-13-9-25(10-14-27)24-7-11-26(12-8-24)33(39)35-28-15-18-30(19-16-28)38-21-5-4-6-22-38/h7-20,23H,4-6,21-22H2,1-3H3,(H,35,39)(H,36,40). The highest BCUT2D eigenvalue weighted by molar-refractivity contribution is 6.05. The van der Waals surface area contributed by atoms with E-state index in [0.29, 0.717) is 22.6 Å². The lowest BCUT2D eigenvalue weighted by Gasteiger charge is -2.28. The Balaban J connectivity index is 1.19. The van der Waals surface area contributed by atoms with Gasteiger partial charge in [-0.05, 0) is 91.1 Å². The number of nitrogens with zero attached hydrogens (tertiary/aromatic N) is 2. The number of piperidine rings is 1. The zero-order valence-electron chi connectivity index (χ0n) is 23.8. The molecule has 1 aliphatic heterocycles. The minimum atomic E-state index is -0.202. The number of carbonyl (C=O) groups is 2. The normalized spacial score (nSPS) is 12.9. The molecule has 0 radical (unpaired) electrons. The third-order valence-electron chi connectivity index (χ3n) is 7.39. The van der Waals surface area contributed by atoms with Crippen molar-refractivity contribution in [2.24, 2.45) is 0 Å². The van der Waals surface area contributed by atoms with Crippen molar-refractivity contribution < 1.29 is 14.3 Å². The maximum atomic E-state index is 12.8. The van der Waals surface area contributed by atoms with Crippen LogP contribution in [0.1, 0.15) is 40.0 Å². The maximum absolute atomic E-state index is 12.8. The van der Waals surface area contributed by atoms with Crippen molar-refractivity contribution in [2.75, 3.05) is 54.7 Å². The van der Waals surface area contributed by atoms with E-state index in [0.717, 1.165) is 35.6 Å². The summed E-state index contributed by atoms with van der Waals surface area (Å²) >= 11 is 0. The van der Waals surface area contributed by atoms with Crippen LogP contribution in [0, 0.1) is 0 Å². The summed E-state index contributed by atoms with van der Waals surface area (Å²) in [4.78, 5) is 30.0. The molecule has 4 aromatic carbocycles. The number of methoxy groups -OCH3 is 1. The molecule has 0 saturated carbocycles. The molecule has 0 aromatic heterocycles. The van der Waals surface area contributed by atoms with Crippen LogP contribution in [-0.4, -0.2) is 46.1 Å². The Kier molecular flexibility index (Phi) is 8.53. The van der Waals surface area contributed by atoms with E-state index in [1.165, 1.54) is 24.9 Å². The summed E-state index contributed by atoms with van der Waals surface area (Å²) < 4.78 is 5.46. The topological polar surface area (TPSA) is 73.9 Å². The minimum absolute atomic E-state index is 0.149. The molecule has 0 unspecified atom stereocenters. The Labute approximate surface area is 241 Å². The Morgan fingerprint density at radius 3 is 1.71 bits per heavy atom. The molecule has 7 nitrogen and oxygen atoms in total. The van der Waals surface area contributed by atoms with E-state index in [1.54, 1.807) is 19.2 Å². The van der Waals surface area contributed by atoms with Crippen LogP contribution >= 0.6 is 0 Å². The van der Waals surface area contributed by atoms with E-state index in [1.807, 2.05) is 85.7 Å². The average molecular weight is 549 g/mol. The van der Waals surface area contributed by atoms with E-state index >= 15 is 0 Å². The van der Waals surface area contributed by atoms with Crippen LogP contribution in [0.2, 0.25) is 0 Å². The zero-order chi connectivity index (χ0) is 28.8. The monoisotopic (exact) mass is 548 g/mol. The molecule has 0 atom stereocenters. The molecular weight excluding hydrogens is 512 g/mol. The lowest BCUT2D eigenvalue weighted by molar-refractivity contribution is 0.101. The minimum Gasteiger partial charge on any atom is -0.495 e. The SMILES string of the molecule is COc1cc(NC(=O)c2ccc(-c3ccc(C(=O)Nc4ccc(N5CCCCC5)cc4)cc3)cc2)ccc1N(C)C. The van der Waals surface area contributed by atoms with Gasteiger partial charge in [0.05, 0.1) is 12.8 Å². The Hall–Kier alpha value is -4.78. The van der Waals surface area contributed by atoms with Crippen molar-refractivity contribution in [2.45, 2.75) is 19.3 Å². The lowest BCUT2D eigenvalue weighted by Crippen LogP contribution is -2.29. The summed E-state index contributed by atoms with van der Waals surface area (Å²) in [5.74, 6) is 0.336. The van der Waals surface area contributed by atoms with Crippen molar-refractivity contribution in [3.63, 3.8) is 0 Å². The van der Waals surface area contributed by atoms with E-state index in [2.05, 4.69) is 27.7 Å². The van der Waals surface area contributed by atoms with Crippen LogP contribution in [0.3, 0.4) is 0 Å². The fourth-order valence-electron chi connectivity index (χ4n) is 5.07. The van der Waals surface area contributed by atoms with Gasteiger partial charge in [0.25, 0.3) is 11.8 Å². The number of hydrogen-bond acceptors (Lipinski definition) is 5. The number of benzene rings is 4. The van der Waals surface area contributed by atoms with Crippen LogP contribution < -0.4 is 25.2 Å². The number of amides is 2. The summed E-state index contributed by atoms with van der Waals surface area (Å²) in [5, 5.41) is 5.92.